The van der Waals surface area contributed by atoms with Gasteiger partial charge >= 0.3 is 11.7 Å². The average Bonchev–Trinajstić information content (AvgIpc) is 2.52. The first-order valence-corrected chi connectivity index (χ1v) is 5.98. The SMILES string of the molecule is COC(=O)c1ccc([N+](=O)[O-])c(NCc2ccncc2)n1. The number of methoxy groups -OCH3 is 1. The Morgan fingerprint density at radius 1 is 1.33 bits per heavy atom. The highest BCUT2D eigenvalue weighted by atomic mass is 16.6. The van der Waals surface area contributed by atoms with Crippen LogP contribution in [0.15, 0.2) is 36.7 Å². The van der Waals surface area contributed by atoms with Gasteiger partial charge in [-0.2, -0.15) is 0 Å². The number of hydrogen-bond acceptors (Lipinski definition) is 7. The quantitative estimate of drug-likeness (QED) is 0.507. The van der Waals surface area contributed by atoms with Crippen molar-refractivity contribution in [3.63, 3.8) is 0 Å². The fraction of sp³-hybridized carbons (Fsp3) is 0.154. The van der Waals surface area contributed by atoms with Crippen LogP contribution in [0.2, 0.25) is 0 Å². The van der Waals surface area contributed by atoms with Gasteiger partial charge in [0, 0.05) is 25.0 Å². The van der Waals surface area contributed by atoms with Crippen LogP contribution in [-0.4, -0.2) is 28.0 Å². The van der Waals surface area contributed by atoms with Crippen LogP contribution in [0.1, 0.15) is 16.1 Å². The maximum absolute atomic E-state index is 11.4. The summed E-state index contributed by atoms with van der Waals surface area (Å²) >= 11 is 0. The fourth-order valence-corrected chi connectivity index (χ4v) is 1.63. The van der Waals surface area contributed by atoms with E-state index < -0.39 is 10.9 Å². The monoisotopic (exact) mass is 288 g/mol. The van der Waals surface area contributed by atoms with Gasteiger partial charge in [-0.3, -0.25) is 15.1 Å². The molecule has 0 saturated carbocycles. The lowest BCUT2D eigenvalue weighted by molar-refractivity contribution is -0.384. The molecule has 2 aromatic rings. The molecule has 0 aromatic carbocycles. The molecule has 0 amide bonds. The predicted octanol–water partition coefficient (Wildman–Crippen LogP) is 1.78. The van der Waals surface area contributed by atoms with Crippen molar-refractivity contribution in [3.8, 4) is 0 Å². The molecule has 2 rings (SSSR count). The number of pyridine rings is 2. The molecule has 0 saturated heterocycles. The Morgan fingerprint density at radius 3 is 2.67 bits per heavy atom. The highest BCUT2D eigenvalue weighted by Crippen LogP contribution is 2.23. The van der Waals surface area contributed by atoms with Gasteiger partial charge in [-0.05, 0) is 23.8 Å². The predicted molar refractivity (Wildman–Crippen MR) is 73.8 cm³/mol. The lowest BCUT2D eigenvalue weighted by Crippen LogP contribution is -2.10. The lowest BCUT2D eigenvalue weighted by Gasteiger charge is -2.07. The molecule has 108 valence electrons. The van der Waals surface area contributed by atoms with E-state index in [0.717, 1.165) is 5.56 Å². The Labute approximate surface area is 120 Å². The van der Waals surface area contributed by atoms with Crippen molar-refractivity contribution in [1.82, 2.24) is 9.97 Å². The van der Waals surface area contributed by atoms with Gasteiger partial charge in [0.1, 0.15) is 0 Å². The number of nitrogens with one attached hydrogen (secondary N) is 1. The lowest BCUT2D eigenvalue weighted by atomic mass is 10.2. The van der Waals surface area contributed by atoms with Gasteiger partial charge in [0.05, 0.1) is 12.0 Å². The Kier molecular flexibility index (Phi) is 4.39. The summed E-state index contributed by atoms with van der Waals surface area (Å²) in [7, 11) is 1.22. The molecular weight excluding hydrogens is 276 g/mol. The molecule has 8 nitrogen and oxygen atoms in total. The second kappa shape index (κ2) is 6.42. The van der Waals surface area contributed by atoms with Crippen LogP contribution in [0.3, 0.4) is 0 Å². The molecule has 0 aliphatic heterocycles. The summed E-state index contributed by atoms with van der Waals surface area (Å²) in [6, 6.07) is 6.00. The van der Waals surface area contributed by atoms with E-state index in [1.165, 1.54) is 19.2 Å². The molecule has 0 unspecified atom stereocenters. The van der Waals surface area contributed by atoms with E-state index in [1.54, 1.807) is 24.5 Å². The number of nitrogens with zero attached hydrogens (tertiary/aromatic N) is 3. The minimum atomic E-state index is -0.656. The van der Waals surface area contributed by atoms with Crippen LogP contribution in [0.4, 0.5) is 11.5 Å². The van der Waals surface area contributed by atoms with Gasteiger partial charge in [-0.15, -0.1) is 0 Å². The zero-order valence-electron chi connectivity index (χ0n) is 11.1. The Hall–Kier alpha value is -3.03. The summed E-state index contributed by atoms with van der Waals surface area (Å²) < 4.78 is 4.55. The van der Waals surface area contributed by atoms with E-state index in [9.17, 15) is 14.9 Å². The topological polar surface area (TPSA) is 107 Å². The molecule has 0 aliphatic rings. The van der Waals surface area contributed by atoms with E-state index in [-0.39, 0.29) is 17.2 Å². The maximum atomic E-state index is 11.4. The van der Waals surface area contributed by atoms with Crippen molar-refractivity contribution in [2.24, 2.45) is 0 Å². The molecule has 0 atom stereocenters. The number of carbonyl (C=O) groups is 1. The highest BCUT2D eigenvalue weighted by molar-refractivity contribution is 5.88. The summed E-state index contributed by atoms with van der Waals surface area (Å²) in [6.07, 6.45) is 3.23. The molecule has 0 bridgehead atoms. The van der Waals surface area contributed by atoms with Crippen LogP contribution in [-0.2, 0) is 11.3 Å². The smallest absolute Gasteiger partial charge is 0.356 e. The van der Waals surface area contributed by atoms with Crippen molar-refractivity contribution in [3.05, 3.63) is 58.0 Å². The highest BCUT2D eigenvalue weighted by Gasteiger charge is 2.18. The Balaban J connectivity index is 2.26. The first-order valence-electron chi connectivity index (χ1n) is 5.98. The third-order valence-corrected chi connectivity index (χ3v) is 2.67. The second-order valence-corrected chi connectivity index (χ2v) is 4.02. The van der Waals surface area contributed by atoms with Gasteiger partial charge < -0.3 is 10.1 Å². The van der Waals surface area contributed by atoms with Crippen LogP contribution < -0.4 is 5.32 Å². The van der Waals surface area contributed by atoms with Gasteiger partial charge in [0.2, 0.25) is 5.82 Å². The molecule has 2 aromatic heterocycles. The average molecular weight is 288 g/mol. The first-order chi connectivity index (χ1) is 10.1. The number of carbonyl (C=O) groups excluding carboxylic acids is 1. The number of aromatic nitrogens is 2. The largest absolute Gasteiger partial charge is 0.464 e. The molecule has 0 spiro atoms. The second-order valence-electron chi connectivity index (χ2n) is 4.02. The minimum absolute atomic E-state index is 0.000304. The number of hydrogen-bond donors (Lipinski definition) is 1. The molecular formula is C13H12N4O4. The number of ether oxygens (including phenoxy) is 1. The number of nitro groups is 1. The minimum Gasteiger partial charge on any atom is -0.464 e. The van der Waals surface area contributed by atoms with Crippen molar-refractivity contribution in [2.45, 2.75) is 6.54 Å². The third kappa shape index (κ3) is 3.50. The fourth-order valence-electron chi connectivity index (χ4n) is 1.63. The van der Waals surface area contributed by atoms with Crippen molar-refractivity contribution in [2.75, 3.05) is 12.4 Å². The summed E-state index contributed by atoms with van der Waals surface area (Å²) in [4.78, 5) is 29.7. The number of esters is 1. The maximum Gasteiger partial charge on any atom is 0.356 e. The summed E-state index contributed by atoms with van der Waals surface area (Å²) in [5.41, 5.74) is 0.668. The van der Waals surface area contributed by atoms with E-state index in [1.807, 2.05) is 0 Å². The molecule has 21 heavy (non-hydrogen) atoms. The van der Waals surface area contributed by atoms with Crippen LogP contribution in [0.25, 0.3) is 0 Å². The van der Waals surface area contributed by atoms with Gasteiger partial charge in [0.15, 0.2) is 5.69 Å². The standard InChI is InChI=1S/C13H12N4O4/c1-21-13(18)10-2-3-11(17(19)20)12(16-10)15-8-9-4-6-14-7-5-9/h2-7H,8H2,1H3,(H,15,16). The number of anilines is 1. The van der Waals surface area contributed by atoms with Crippen molar-refractivity contribution < 1.29 is 14.5 Å². The van der Waals surface area contributed by atoms with E-state index in [0.29, 0.717) is 6.54 Å². The third-order valence-electron chi connectivity index (χ3n) is 2.67. The Bertz CT molecular complexity index is 660. The molecule has 0 fully saturated rings. The molecule has 0 aliphatic carbocycles. The van der Waals surface area contributed by atoms with E-state index in [4.69, 9.17) is 0 Å². The Morgan fingerprint density at radius 2 is 2.05 bits per heavy atom. The van der Waals surface area contributed by atoms with E-state index in [2.05, 4.69) is 20.0 Å². The van der Waals surface area contributed by atoms with Gasteiger partial charge in [0.25, 0.3) is 0 Å². The van der Waals surface area contributed by atoms with E-state index >= 15 is 0 Å². The van der Waals surface area contributed by atoms with Crippen LogP contribution in [0.5, 0.6) is 0 Å². The molecule has 1 N–H and O–H groups in total. The van der Waals surface area contributed by atoms with Crippen LogP contribution >= 0.6 is 0 Å². The number of rotatable bonds is 5. The van der Waals surface area contributed by atoms with Crippen LogP contribution in [0, 0.1) is 10.1 Å². The normalized spacial score (nSPS) is 9.95. The van der Waals surface area contributed by atoms with Gasteiger partial charge in [-0.25, -0.2) is 9.78 Å². The van der Waals surface area contributed by atoms with Gasteiger partial charge in [-0.1, -0.05) is 0 Å². The summed E-state index contributed by atoms with van der Waals surface area (Å²) in [6.45, 7) is 0.320. The molecule has 8 heteroatoms. The van der Waals surface area contributed by atoms with Crippen molar-refractivity contribution in [1.29, 1.82) is 0 Å². The summed E-state index contributed by atoms with van der Waals surface area (Å²) in [5, 5.41) is 13.8. The van der Waals surface area contributed by atoms with Crippen molar-refractivity contribution >= 4 is 17.5 Å². The zero-order chi connectivity index (χ0) is 15.2. The first kappa shape index (κ1) is 14.4. The molecule has 0 radical (unpaired) electrons. The molecule has 2 heterocycles. The zero-order valence-corrected chi connectivity index (χ0v) is 11.1. The summed E-state index contributed by atoms with van der Waals surface area (Å²) in [5.74, 6) is -0.642.